The molecule has 1 aromatic rings. The van der Waals surface area contributed by atoms with Crippen molar-refractivity contribution in [1.29, 1.82) is 0 Å². The van der Waals surface area contributed by atoms with E-state index in [-0.39, 0.29) is 23.1 Å². The van der Waals surface area contributed by atoms with Gasteiger partial charge in [0.1, 0.15) is 11.9 Å². The molecule has 0 saturated heterocycles. The standard InChI is InChI=1S/C23H21NO9/c1-3-13(27)33-19-10-7-12(26)16(22(24)31)20(29)23(10,32)21(30)17-14(19)8(2)9-5-4-6-11(25)15(9)18(17)28/h4-6,10,14,16-17,19,25,32H,2-3,7H2,1H3,(H2,24,31)/t10-,14-,16?,17?,19-,23-/m1/s1. The zero-order chi connectivity index (χ0) is 24.4. The van der Waals surface area contributed by atoms with Crippen LogP contribution in [-0.2, 0) is 28.7 Å². The molecule has 2 unspecified atom stereocenters. The minimum atomic E-state index is -2.97. The van der Waals surface area contributed by atoms with Crippen molar-refractivity contribution in [2.75, 3.05) is 0 Å². The van der Waals surface area contributed by atoms with E-state index in [4.69, 9.17) is 10.5 Å². The van der Waals surface area contributed by atoms with Gasteiger partial charge in [-0.25, -0.2) is 0 Å². The Balaban J connectivity index is 1.96. The largest absolute Gasteiger partial charge is 0.507 e. The van der Waals surface area contributed by atoms with Gasteiger partial charge in [-0.05, 0) is 17.2 Å². The van der Waals surface area contributed by atoms with Crippen LogP contribution < -0.4 is 5.73 Å². The number of aliphatic hydroxyl groups is 1. The highest BCUT2D eigenvalue weighted by Crippen LogP contribution is 2.54. The van der Waals surface area contributed by atoms with Gasteiger partial charge in [0.15, 0.2) is 34.7 Å². The molecule has 0 aliphatic heterocycles. The van der Waals surface area contributed by atoms with E-state index in [1.54, 1.807) is 0 Å². The molecule has 3 aliphatic rings. The number of benzene rings is 1. The summed E-state index contributed by atoms with van der Waals surface area (Å²) in [6.45, 7) is 5.44. The summed E-state index contributed by atoms with van der Waals surface area (Å²) in [5.74, 6) is -13.6. The van der Waals surface area contributed by atoms with Gasteiger partial charge >= 0.3 is 5.97 Å². The number of amides is 1. The molecule has 10 nitrogen and oxygen atoms in total. The zero-order valence-electron chi connectivity index (χ0n) is 17.6. The number of carbonyl (C=O) groups excluding carboxylic acids is 6. The van der Waals surface area contributed by atoms with Gasteiger partial charge in [0, 0.05) is 24.7 Å². The Hall–Kier alpha value is -3.66. The van der Waals surface area contributed by atoms with Crippen molar-refractivity contribution < 1.29 is 43.7 Å². The van der Waals surface area contributed by atoms with Crippen LogP contribution in [0.2, 0.25) is 0 Å². The lowest BCUT2D eigenvalue weighted by Gasteiger charge is -2.52. The fourth-order valence-electron chi connectivity index (χ4n) is 5.29. The van der Waals surface area contributed by atoms with Gasteiger partial charge in [-0.3, -0.25) is 28.8 Å². The molecule has 2 fully saturated rings. The van der Waals surface area contributed by atoms with Gasteiger partial charge in [-0.15, -0.1) is 0 Å². The molecule has 0 spiro atoms. The molecule has 2 saturated carbocycles. The minimum Gasteiger partial charge on any atom is -0.507 e. The van der Waals surface area contributed by atoms with Gasteiger partial charge in [0.2, 0.25) is 5.91 Å². The third-order valence-electron chi connectivity index (χ3n) is 6.85. The molecule has 4 N–H and O–H groups in total. The van der Waals surface area contributed by atoms with Crippen LogP contribution in [0, 0.1) is 23.7 Å². The van der Waals surface area contributed by atoms with Gasteiger partial charge in [-0.1, -0.05) is 25.6 Å². The van der Waals surface area contributed by atoms with E-state index in [0.717, 1.165) is 0 Å². The summed E-state index contributed by atoms with van der Waals surface area (Å²) in [5, 5.41) is 21.7. The number of rotatable bonds is 3. The SMILES string of the molecule is C=C1c2cccc(O)c2C(=O)C2C(=O)[C@]3(O)C(=O)C(C(N)=O)C(=O)C[C@@H]3[C@@H](OC(=O)CC)[C@H]12. The number of nitrogens with two attached hydrogens (primary N) is 1. The predicted molar refractivity (Wildman–Crippen MR) is 109 cm³/mol. The summed E-state index contributed by atoms with van der Waals surface area (Å²) in [6.07, 6.45) is -2.20. The van der Waals surface area contributed by atoms with Gasteiger partial charge in [0.25, 0.3) is 0 Å². The molecular weight excluding hydrogens is 434 g/mol. The fourth-order valence-corrected chi connectivity index (χ4v) is 5.29. The monoisotopic (exact) mass is 455 g/mol. The van der Waals surface area contributed by atoms with Crippen molar-refractivity contribution in [3.05, 3.63) is 35.9 Å². The first-order chi connectivity index (χ1) is 15.5. The highest BCUT2D eigenvalue weighted by Gasteiger charge is 2.70. The Kier molecular flexibility index (Phi) is 5.08. The number of phenolic OH excluding ortho intramolecular Hbond substituents is 1. The maximum absolute atomic E-state index is 13.6. The Morgan fingerprint density at radius 3 is 2.48 bits per heavy atom. The fraction of sp³-hybridized carbons (Fsp3) is 0.391. The first kappa shape index (κ1) is 22.5. The second kappa shape index (κ2) is 7.45. The summed E-state index contributed by atoms with van der Waals surface area (Å²) in [7, 11) is 0. The van der Waals surface area contributed by atoms with Crippen LogP contribution in [0.5, 0.6) is 5.75 Å². The normalized spacial score (nSPS) is 33.2. The molecule has 172 valence electrons. The lowest BCUT2D eigenvalue weighted by atomic mass is 9.51. The van der Waals surface area contributed by atoms with E-state index in [9.17, 15) is 39.0 Å². The third-order valence-corrected chi connectivity index (χ3v) is 6.85. The molecule has 0 aromatic heterocycles. The molecule has 3 aliphatic carbocycles. The maximum Gasteiger partial charge on any atom is 0.305 e. The number of carbonyl (C=O) groups is 6. The highest BCUT2D eigenvalue weighted by molar-refractivity contribution is 6.32. The van der Waals surface area contributed by atoms with Crippen molar-refractivity contribution in [3.63, 3.8) is 0 Å². The van der Waals surface area contributed by atoms with Crippen molar-refractivity contribution in [2.24, 2.45) is 29.4 Å². The lowest BCUT2D eigenvalue weighted by molar-refractivity contribution is -0.194. The Morgan fingerprint density at radius 2 is 1.88 bits per heavy atom. The van der Waals surface area contributed by atoms with Gasteiger partial charge in [-0.2, -0.15) is 0 Å². The summed E-state index contributed by atoms with van der Waals surface area (Å²) in [5.41, 5.74) is 2.38. The molecule has 4 rings (SSSR count). The van der Waals surface area contributed by atoms with Crippen molar-refractivity contribution in [1.82, 2.24) is 0 Å². The minimum absolute atomic E-state index is 0.101. The van der Waals surface area contributed by atoms with Crippen molar-refractivity contribution in [2.45, 2.75) is 31.5 Å². The Labute approximate surface area is 187 Å². The summed E-state index contributed by atoms with van der Waals surface area (Å²) < 4.78 is 5.50. The van der Waals surface area contributed by atoms with E-state index in [0.29, 0.717) is 0 Å². The number of esters is 1. The number of fused-ring (bicyclic) bond motifs is 3. The number of aromatic hydroxyl groups is 1. The summed E-state index contributed by atoms with van der Waals surface area (Å²) in [4.78, 5) is 76.7. The first-order valence-corrected chi connectivity index (χ1v) is 10.3. The first-order valence-electron chi connectivity index (χ1n) is 10.3. The molecule has 10 heteroatoms. The summed E-state index contributed by atoms with van der Waals surface area (Å²) in [6, 6.07) is 4.19. The van der Waals surface area contributed by atoms with Crippen molar-refractivity contribution >= 4 is 40.6 Å². The van der Waals surface area contributed by atoms with E-state index < -0.39 is 82.6 Å². The number of hydrogen-bond acceptors (Lipinski definition) is 9. The van der Waals surface area contributed by atoms with Crippen molar-refractivity contribution in [3.8, 4) is 5.75 Å². The smallest absolute Gasteiger partial charge is 0.305 e. The van der Waals surface area contributed by atoms with E-state index in [1.807, 2.05) is 0 Å². The van der Waals surface area contributed by atoms with Crippen LogP contribution in [-0.4, -0.2) is 56.9 Å². The molecule has 0 heterocycles. The van der Waals surface area contributed by atoms with E-state index in [1.165, 1.54) is 25.1 Å². The molecule has 0 bridgehead atoms. The maximum atomic E-state index is 13.6. The van der Waals surface area contributed by atoms with Gasteiger partial charge in [0.05, 0.1) is 11.5 Å². The predicted octanol–water partition coefficient (Wildman–Crippen LogP) is -0.271. The number of primary amides is 1. The second-order valence-corrected chi connectivity index (χ2v) is 8.51. The topological polar surface area (TPSA) is 178 Å². The second-order valence-electron chi connectivity index (χ2n) is 8.51. The number of ketones is 4. The third kappa shape index (κ3) is 2.90. The van der Waals surface area contributed by atoms with Crippen LogP contribution >= 0.6 is 0 Å². The summed E-state index contributed by atoms with van der Waals surface area (Å²) >= 11 is 0. The lowest BCUT2D eigenvalue weighted by Crippen LogP contribution is -2.72. The quantitative estimate of drug-likeness (QED) is 0.409. The Morgan fingerprint density at radius 1 is 1.21 bits per heavy atom. The molecule has 6 atom stereocenters. The van der Waals surface area contributed by atoms with Crippen LogP contribution in [0.1, 0.15) is 35.7 Å². The molecule has 0 radical (unpaired) electrons. The van der Waals surface area contributed by atoms with Crippen LogP contribution in [0.3, 0.4) is 0 Å². The molecular formula is C23H21NO9. The van der Waals surface area contributed by atoms with Crippen LogP contribution in [0.4, 0.5) is 0 Å². The van der Waals surface area contributed by atoms with Gasteiger partial charge < -0.3 is 20.7 Å². The number of phenols is 1. The molecule has 1 amide bonds. The highest BCUT2D eigenvalue weighted by atomic mass is 16.5. The number of ether oxygens (including phenoxy) is 1. The number of Topliss-reactive ketones (excluding diaryl/α,β-unsaturated/α-hetero) is 4. The van der Waals surface area contributed by atoms with E-state index in [2.05, 4.69) is 6.58 Å². The Bertz CT molecular complexity index is 1170. The average molecular weight is 455 g/mol. The average Bonchev–Trinajstić information content (AvgIpc) is 2.75. The molecule has 1 aromatic carbocycles. The zero-order valence-corrected chi connectivity index (χ0v) is 17.6. The van der Waals surface area contributed by atoms with Crippen LogP contribution in [0.15, 0.2) is 24.8 Å². The van der Waals surface area contributed by atoms with Crippen LogP contribution in [0.25, 0.3) is 5.57 Å². The number of hydrogen-bond donors (Lipinski definition) is 3. The van der Waals surface area contributed by atoms with E-state index >= 15 is 0 Å². The molecule has 33 heavy (non-hydrogen) atoms.